The van der Waals surface area contributed by atoms with Crippen molar-refractivity contribution in [3.05, 3.63) is 29.8 Å². The van der Waals surface area contributed by atoms with Gasteiger partial charge in [0.05, 0.1) is 0 Å². The highest BCUT2D eigenvalue weighted by Crippen LogP contribution is 2.23. The number of ketones is 1. The van der Waals surface area contributed by atoms with Crippen molar-refractivity contribution in [2.24, 2.45) is 0 Å². The Balaban J connectivity index is 2.17. The quantitative estimate of drug-likeness (QED) is 0.908. The normalized spacial score (nSPS) is 19.2. The van der Waals surface area contributed by atoms with Crippen LogP contribution in [0.15, 0.2) is 24.3 Å². The molecule has 0 bridgehead atoms. The number of hydrogen-bond donors (Lipinski definition) is 1. The van der Waals surface area contributed by atoms with Crippen LogP contribution in [0, 0.1) is 0 Å². The number of Topliss-reactive ketones (excluding diaryl/α,β-unsaturated/α-hetero) is 1. The summed E-state index contributed by atoms with van der Waals surface area (Å²) in [7, 11) is 0. The van der Waals surface area contributed by atoms with Crippen LogP contribution in [0.2, 0.25) is 0 Å². The number of amides is 1. The number of likely N-dealkylation sites (tertiary alicyclic amines) is 1. The summed E-state index contributed by atoms with van der Waals surface area (Å²) < 4.78 is 0. The molecule has 1 atom stereocenters. The maximum absolute atomic E-state index is 12.4. The molecule has 1 aromatic carbocycles. The van der Waals surface area contributed by atoms with E-state index in [-0.39, 0.29) is 23.5 Å². The number of piperidine rings is 1. The summed E-state index contributed by atoms with van der Waals surface area (Å²) in [6, 6.07) is 6.37. The molecule has 1 amide bonds. The lowest BCUT2D eigenvalue weighted by Gasteiger charge is -2.35. The molecule has 0 aromatic heterocycles. The van der Waals surface area contributed by atoms with Gasteiger partial charge in [0.1, 0.15) is 11.5 Å². The van der Waals surface area contributed by atoms with Crippen LogP contribution < -0.4 is 0 Å². The van der Waals surface area contributed by atoms with Gasteiger partial charge < -0.3 is 10.0 Å². The number of hydrogen-bond acceptors (Lipinski definition) is 3. The fraction of sp³-hybridized carbons (Fsp3) is 0.467. The van der Waals surface area contributed by atoms with Crippen molar-refractivity contribution in [1.82, 2.24) is 4.90 Å². The van der Waals surface area contributed by atoms with Crippen LogP contribution in [0.5, 0.6) is 5.75 Å². The number of benzene rings is 1. The fourth-order valence-electron chi connectivity index (χ4n) is 2.62. The SMILES string of the molecule is CC(=O)CC1CCCCN1C(=O)c1cccc(O)c1. The van der Waals surface area contributed by atoms with E-state index < -0.39 is 0 Å². The van der Waals surface area contributed by atoms with Gasteiger partial charge in [0, 0.05) is 24.6 Å². The van der Waals surface area contributed by atoms with Crippen molar-refractivity contribution in [1.29, 1.82) is 0 Å². The van der Waals surface area contributed by atoms with Crippen molar-refractivity contribution in [3.63, 3.8) is 0 Å². The highest BCUT2D eigenvalue weighted by molar-refractivity contribution is 5.95. The first-order valence-electron chi connectivity index (χ1n) is 6.67. The maximum Gasteiger partial charge on any atom is 0.254 e. The molecular weight excluding hydrogens is 242 g/mol. The Kier molecular flexibility index (Phi) is 4.20. The number of nitrogens with zero attached hydrogens (tertiary/aromatic N) is 1. The molecule has 1 fully saturated rings. The van der Waals surface area contributed by atoms with E-state index in [1.807, 2.05) is 0 Å². The van der Waals surface area contributed by atoms with Crippen LogP contribution in [0.25, 0.3) is 0 Å². The Morgan fingerprint density at radius 1 is 1.37 bits per heavy atom. The lowest BCUT2D eigenvalue weighted by Crippen LogP contribution is -2.44. The molecule has 0 spiro atoms. The molecule has 19 heavy (non-hydrogen) atoms. The third-order valence-electron chi connectivity index (χ3n) is 3.50. The lowest BCUT2D eigenvalue weighted by atomic mass is 9.97. The standard InChI is InChI=1S/C15H19NO3/c1-11(17)9-13-6-2-3-8-16(13)15(19)12-5-4-7-14(18)10-12/h4-5,7,10,13,18H,2-3,6,8-9H2,1H3. The predicted molar refractivity (Wildman–Crippen MR) is 72.1 cm³/mol. The molecule has 4 heteroatoms. The zero-order chi connectivity index (χ0) is 13.8. The topological polar surface area (TPSA) is 57.6 Å². The van der Waals surface area contributed by atoms with E-state index in [0.29, 0.717) is 18.5 Å². The summed E-state index contributed by atoms with van der Waals surface area (Å²) in [5.74, 6) is 0.105. The van der Waals surface area contributed by atoms with Crippen LogP contribution in [0.3, 0.4) is 0 Å². The molecule has 0 radical (unpaired) electrons. The highest BCUT2D eigenvalue weighted by atomic mass is 16.3. The van der Waals surface area contributed by atoms with Gasteiger partial charge in [-0.15, -0.1) is 0 Å². The minimum absolute atomic E-state index is 0.00102. The first-order valence-corrected chi connectivity index (χ1v) is 6.67. The monoisotopic (exact) mass is 261 g/mol. The number of phenolic OH excluding ortho intramolecular Hbond substituents is 1. The molecule has 2 rings (SSSR count). The summed E-state index contributed by atoms with van der Waals surface area (Å²) in [6.45, 7) is 2.25. The first-order chi connectivity index (χ1) is 9.08. The third kappa shape index (κ3) is 3.34. The average molecular weight is 261 g/mol. The number of carbonyl (C=O) groups excluding carboxylic acids is 2. The number of aromatic hydroxyl groups is 1. The van der Waals surface area contributed by atoms with Crippen molar-refractivity contribution < 1.29 is 14.7 Å². The van der Waals surface area contributed by atoms with Crippen LogP contribution in [0.1, 0.15) is 43.0 Å². The fourth-order valence-corrected chi connectivity index (χ4v) is 2.62. The van der Waals surface area contributed by atoms with Crippen LogP contribution in [-0.2, 0) is 4.79 Å². The molecule has 1 aromatic rings. The molecule has 1 unspecified atom stereocenters. The van der Waals surface area contributed by atoms with Gasteiger partial charge in [-0.2, -0.15) is 0 Å². The smallest absolute Gasteiger partial charge is 0.254 e. The molecule has 1 heterocycles. The Morgan fingerprint density at radius 2 is 2.16 bits per heavy atom. The lowest BCUT2D eigenvalue weighted by molar-refractivity contribution is -0.118. The molecule has 1 saturated heterocycles. The number of rotatable bonds is 3. The second kappa shape index (κ2) is 5.87. The summed E-state index contributed by atoms with van der Waals surface area (Å²) in [6.07, 6.45) is 3.33. The van der Waals surface area contributed by atoms with E-state index in [2.05, 4.69) is 0 Å². The van der Waals surface area contributed by atoms with E-state index in [9.17, 15) is 14.7 Å². The van der Waals surface area contributed by atoms with Crippen molar-refractivity contribution >= 4 is 11.7 Å². The second-order valence-electron chi connectivity index (χ2n) is 5.10. The van der Waals surface area contributed by atoms with E-state index in [1.54, 1.807) is 30.0 Å². The molecule has 1 aliphatic heterocycles. The summed E-state index contributed by atoms with van der Waals surface area (Å²) in [4.78, 5) is 25.5. The largest absolute Gasteiger partial charge is 0.508 e. The minimum atomic E-state index is -0.0955. The van der Waals surface area contributed by atoms with Crippen LogP contribution in [0.4, 0.5) is 0 Å². The van der Waals surface area contributed by atoms with E-state index >= 15 is 0 Å². The molecule has 1 aliphatic rings. The molecule has 4 nitrogen and oxygen atoms in total. The van der Waals surface area contributed by atoms with E-state index in [0.717, 1.165) is 19.3 Å². The van der Waals surface area contributed by atoms with Gasteiger partial charge in [0.15, 0.2) is 0 Å². The van der Waals surface area contributed by atoms with Crippen LogP contribution in [-0.4, -0.2) is 34.3 Å². The average Bonchev–Trinajstić information content (AvgIpc) is 2.38. The van der Waals surface area contributed by atoms with Gasteiger partial charge in [-0.05, 0) is 44.4 Å². The van der Waals surface area contributed by atoms with Crippen molar-refractivity contribution in [2.45, 2.75) is 38.6 Å². The zero-order valence-electron chi connectivity index (χ0n) is 11.1. The maximum atomic E-state index is 12.4. The van der Waals surface area contributed by atoms with Gasteiger partial charge in [0.25, 0.3) is 5.91 Å². The second-order valence-corrected chi connectivity index (χ2v) is 5.10. The first kappa shape index (κ1) is 13.6. The summed E-state index contributed by atoms with van der Waals surface area (Å²) >= 11 is 0. The van der Waals surface area contributed by atoms with E-state index in [1.165, 1.54) is 6.07 Å². The van der Waals surface area contributed by atoms with Gasteiger partial charge >= 0.3 is 0 Å². The molecular formula is C15H19NO3. The Morgan fingerprint density at radius 3 is 2.84 bits per heavy atom. The Labute approximate surface area is 113 Å². The van der Waals surface area contributed by atoms with Crippen molar-refractivity contribution in [3.8, 4) is 5.75 Å². The van der Waals surface area contributed by atoms with E-state index in [4.69, 9.17) is 0 Å². The number of phenols is 1. The van der Waals surface area contributed by atoms with Gasteiger partial charge in [-0.1, -0.05) is 6.07 Å². The molecule has 1 N–H and O–H groups in total. The Hall–Kier alpha value is -1.84. The molecule has 0 aliphatic carbocycles. The van der Waals surface area contributed by atoms with Gasteiger partial charge in [-0.25, -0.2) is 0 Å². The Bertz CT molecular complexity index is 484. The molecule has 0 saturated carbocycles. The van der Waals surface area contributed by atoms with Gasteiger partial charge in [-0.3, -0.25) is 9.59 Å². The minimum Gasteiger partial charge on any atom is -0.508 e. The van der Waals surface area contributed by atoms with Crippen molar-refractivity contribution in [2.75, 3.05) is 6.54 Å². The number of carbonyl (C=O) groups is 2. The van der Waals surface area contributed by atoms with Crippen LogP contribution >= 0.6 is 0 Å². The zero-order valence-corrected chi connectivity index (χ0v) is 11.1. The third-order valence-corrected chi connectivity index (χ3v) is 3.50. The summed E-state index contributed by atoms with van der Waals surface area (Å²) in [5, 5.41) is 9.45. The van der Waals surface area contributed by atoms with Gasteiger partial charge in [0.2, 0.25) is 0 Å². The summed E-state index contributed by atoms with van der Waals surface area (Å²) in [5.41, 5.74) is 0.482. The predicted octanol–water partition coefficient (Wildman–Crippen LogP) is 2.37. The molecule has 102 valence electrons. The highest BCUT2D eigenvalue weighted by Gasteiger charge is 2.28.